The van der Waals surface area contributed by atoms with Gasteiger partial charge >= 0.3 is 0 Å². The molecular formula is C39H64O14. The number of fused-ring (bicyclic) bond motifs is 7. The van der Waals surface area contributed by atoms with E-state index in [0.29, 0.717) is 42.4 Å². The van der Waals surface area contributed by atoms with Crippen LogP contribution < -0.4 is 0 Å². The van der Waals surface area contributed by atoms with Crippen molar-refractivity contribution in [2.24, 2.45) is 52.3 Å². The van der Waals surface area contributed by atoms with Crippen LogP contribution in [0.15, 0.2) is 0 Å². The quantitative estimate of drug-likeness (QED) is 0.173. The minimum absolute atomic E-state index is 0.0163. The average Bonchev–Trinajstić information content (AvgIpc) is 3.58. The summed E-state index contributed by atoms with van der Waals surface area (Å²) < 4.78 is 37.7. The third kappa shape index (κ3) is 6.20. The molecule has 23 atom stereocenters. The molecule has 8 N–H and O–H groups in total. The van der Waals surface area contributed by atoms with Crippen LogP contribution in [0.4, 0.5) is 0 Å². The summed E-state index contributed by atoms with van der Waals surface area (Å²) in [5, 5.41) is 84.8. The summed E-state index contributed by atoms with van der Waals surface area (Å²) in [6, 6.07) is 0. The van der Waals surface area contributed by atoms with Crippen molar-refractivity contribution in [2.45, 2.75) is 171 Å². The fourth-order valence-corrected chi connectivity index (χ4v) is 13.3. The molecule has 0 aromatic rings. The molecule has 0 amide bonds. The summed E-state index contributed by atoms with van der Waals surface area (Å²) in [5.74, 6) is 1.87. The Labute approximate surface area is 312 Å². The van der Waals surface area contributed by atoms with Crippen LogP contribution in [0.1, 0.15) is 85.5 Å². The second kappa shape index (κ2) is 14.4. The summed E-state index contributed by atoms with van der Waals surface area (Å²) in [5.41, 5.74) is -0.0529. The highest BCUT2D eigenvalue weighted by molar-refractivity contribution is 5.16. The Kier molecular flexibility index (Phi) is 10.6. The zero-order valence-corrected chi connectivity index (χ0v) is 31.6. The lowest BCUT2D eigenvalue weighted by molar-refractivity contribution is -0.367. The maximum Gasteiger partial charge on any atom is 0.187 e. The lowest BCUT2D eigenvalue weighted by Crippen LogP contribution is -2.65. The zero-order chi connectivity index (χ0) is 37.8. The molecule has 8 aliphatic rings. The molecule has 8 fully saturated rings. The standard InChI is InChI=1S/C39H64O14/c1-17-5-10-39(48-16-17)18(2)28-25(53-39)13-22-20-12-24(23-11-19(42)6-8-37(23,3)21(20)7-9-38(22,28)4)49-35-33(47)31(45)34(27(15-41)51-35)52-36-32(46)30(44)29(43)26(14-40)50-36/h17-36,40-47H,5-16H2,1-4H3. The lowest BCUT2D eigenvalue weighted by atomic mass is 9.43. The van der Waals surface area contributed by atoms with Crippen LogP contribution in [0.3, 0.4) is 0 Å². The first kappa shape index (κ1) is 39.3. The van der Waals surface area contributed by atoms with E-state index in [0.717, 1.165) is 51.6 Å². The van der Waals surface area contributed by atoms with E-state index in [-0.39, 0.29) is 28.8 Å². The second-order valence-electron chi connectivity index (χ2n) is 18.8. The third-order valence-electron chi connectivity index (χ3n) is 16.2. The molecular weight excluding hydrogens is 692 g/mol. The molecule has 304 valence electrons. The molecule has 1 spiro atoms. The fourth-order valence-electron chi connectivity index (χ4n) is 13.3. The third-order valence-corrected chi connectivity index (χ3v) is 16.2. The predicted octanol–water partition coefficient (Wildman–Crippen LogP) is 0.413. The van der Waals surface area contributed by atoms with E-state index in [1.54, 1.807) is 0 Å². The molecule has 14 nitrogen and oxygen atoms in total. The van der Waals surface area contributed by atoms with Gasteiger partial charge in [0.25, 0.3) is 0 Å². The highest BCUT2D eigenvalue weighted by Gasteiger charge is 2.70. The van der Waals surface area contributed by atoms with Crippen molar-refractivity contribution in [2.75, 3.05) is 19.8 Å². The first-order chi connectivity index (χ1) is 25.2. The number of rotatable bonds is 6. The lowest BCUT2D eigenvalue weighted by Gasteiger charge is -2.63. The number of hydrogen-bond acceptors (Lipinski definition) is 14. The normalized spacial score (nSPS) is 59.5. The summed E-state index contributed by atoms with van der Waals surface area (Å²) >= 11 is 0. The maximum atomic E-state index is 11.5. The van der Waals surface area contributed by atoms with Crippen LogP contribution in [0.25, 0.3) is 0 Å². The van der Waals surface area contributed by atoms with Crippen molar-refractivity contribution in [3.63, 3.8) is 0 Å². The van der Waals surface area contributed by atoms with Gasteiger partial charge in [-0.2, -0.15) is 0 Å². The van der Waals surface area contributed by atoms with Gasteiger partial charge in [0.1, 0.15) is 48.8 Å². The summed E-state index contributed by atoms with van der Waals surface area (Å²) in [6.45, 7) is 8.84. The number of aliphatic hydroxyl groups is 8. The molecule has 0 bridgehead atoms. The van der Waals surface area contributed by atoms with Crippen molar-refractivity contribution in [3.8, 4) is 0 Å². The SMILES string of the molecule is CC1CCC2(OC1)OC1CC3C4CC(OC5OC(CO)C(OC6OC(CO)C(O)C(O)C6O)C(O)C5O)C5CC(O)CCC5(C)C4CCC3(C)C1C2C. The summed E-state index contributed by atoms with van der Waals surface area (Å²) in [4.78, 5) is 0. The minimum atomic E-state index is -1.75. The Bertz CT molecular complexity index is 1290. The van der Waals surface area contributed by atoms with Crippen LogP contribution >= 0.6 is 0 Å². The highest BCUT2D eigenvalue weighted by Crippen LogP contribution is 2.71. The van der Waals surface area contributed by atoms with Gasteiger partial charge in [0, 0.05) is 12.3 Å². The van der Waals surface area contributed by atoms with Crippen molar-refractivity contribution in [1.82, 2.24) is 0 Å². The molecule has 0 radical (unpaired) electrons. The smallest absolute Gasteiger partial charge is 0.187 e. The van der Waals surface area contributed by atoms with Gasteiger partial charge in [-0.1, -0.05) is 27.7 Å². The first-order valence-electron chi connectivity index (χ1n) is 20.4. The van der Waals surface area contributed by atoms with Gasteiger partial charge in [-0.25, -0.2) is 0 Å². The summed E-state index contributed by atoms with van der Waals surface area (Å²) in [6.07, 6.45) is -7.76. The van der Waals surface area contributed by atoms with E-state index in [9.17, 15) is 40.9 Å². The predicted molar refractivity (Wildman–Crippen MR) is 184 cm³/mol. The van der Waals surface area contributed by atoms with E-state index < -0.39 is 92.6 Å². The van der Waals surface area contributed by atoms with Gasteiger partial charge in [-0.05, 0) is 97.7 Å². The van der Waals surface area contributed by atoms with E-state index in [4.69, 9.17) is 28.4 Å². The number of aliphatic hydroxyl groups excluding tert-OH is 8. The summed E-state index contributed by atoms with van der Waals surface area (Å²) in [7, 11) is 0. The van der Waals surface area contributed by atoms with Crippen LogP contribution in [-0.2, 0) is 28.4 Å². The first-order valence-corrected chi connectivity index (χ1v) is 20.4. The minimum Gasteiger partial charge on any atom is -0.394 e. The topological polar surface area (TPSA) is 217 Å². The van der Waals surface area contributed by atoms with E-state index >= 15 is 0 Å². The molecule has 4 aliphatic heterocycles. The molecule has 0 aromatic heterocycles. The molecule has 4 saturated carbocycles. The molecule has 8 rings (SSSR count). The van der Waals surface area contributed by atoms with Crippen molar-refractivity contribution >= 4 is 0 Å². The van der Waals surface area contributed by atoms with Gasteiger partial charge in [0.05, 0.1) is 38.1 Å². The Morgan fingerprint density at radius 2 is 1.34 bits per heavy atom. The van der Waals surface area contributed by atoms with Crippen molar-refractivity contribution in [1.29, 1.82) is 0 Å². The van der Waals surface area contributed by atoms with Crippen molar-refractivity contribution in [3.05, 3.63) is 0 Å². The highest BCUT2D eigenvalue weighted by atomic mass is 16.7. The number of hydrogen-bond donors (Lipinski definition) is 8. The van der Waals surface area contributed by atoms with Crippen LogP contribution in [0.2, 0.25) is 0 Å². The van der Waals surface area contributed by atoms with E-state index in [2.05, 4.69) is 27.7 Å². The molecule has 53 heavy (non-hydrogen) atoms. The largest absolute Gasteiger partial charge is 0.394 e. The van der Waals surface area contributed by atoms with Crippen LogP contribution in [0, 0.1) is 52.3 Å². The second-order valence-corrected chi connectivity index (χ2v) is 18.8. The average molecular weight is 757 g/mol. The molecule has 23 unspecified atom stereocenters. The van der Waals surface area contributed by atoms with E-state index in [1.165, 1.54) is 0 Å². The Morgan fingerprint density at radius 1 is 0.660 bits per heavy atom. The van der Waals surface area contributed by atoms with E-state index in [1.807, 2.05) is 0 Å². The van der Waals surface area contributed by atoms with Gasteiger partial charge in [-0.15, -0.1) is 0 Å². The Morgan fingerprint density at radius 3 is 2.04 bits per heavy atom. The molecule has 4 aliphatic carbocycles. The fraction of sp³-hybridized carbons (Fsp3) is 1.00. The monoisotopic (exact) mass is 756 g/mol. The van der Waals surface area contributed by atoms with Gasteiger partial charge in [0.2, 0.25) is 0 Å². The molecule has 0 aromatic carbocycles. The maximum absolute atomic E-state index is 11.5. The van der Waals surface area contributed by atoms with Gasteiger partial charge in [0.15, 0.2) is 18.4 Å². The van der Waals surface area contributed by atoms with Crippen LogP contribution in [0.5, 0.6) is 0 Å². The van der Waals surface area contributed by atoms with Gasteiger partial charge in [-0.3, -0.25) is 0 Å². The van der Waals surface area contributed by atoms with Crippen molar-refractivity contribution < 1.29 is 69.3 Å². The Balaban J connectivity index is 1.02. The Hall–Kier alpha value is -0.560. The zero-order valence-electron chi connectivity index (χ0n) is 31.6. The number of ether oxygens (including phenoxy) is 6. The molecule has 4 saturated heterocycles. The molecule has 14 heteroatoms. The van der Waals surface area contributed by atoms with Gasteiger partial charge < -0.3 is 69.3 Å². The molecule has 4 heterocycles. The van der Waals surface area contributed by atoms with Crippen LogP contribution in [-0.4, -0.2) is 146 Å².